The number of likely N-dealkylation sites (N-methyl/N-ethyl adjacent to an activating group) is 1. The first-order valence-corrected chi connectivity index (χ1v) is 8.30. The summed E-state index contributed by atoms with van der Waals surface area (Å²) in [6.45, 7) is 1.96. The molecule has 0 radical (unpaired) electrons. The summed E-state index contributed by atoms with van der Waals surface area (Å²) in [7, 11) is 3.90. The Labute approximate surface area is 140 Å². The normalized spacial score (nSPS) is 18.0. The van der Waals surface area contributed by atoms with Crippen LogP contribution in [0.1, 0.15) is 55.1 Å². The molecule has 136 valence electrons. The second kappa shape index (κ2) is 7.13. The van der Waals surface area contributed by atoms with Gasteiger partial charge in [-0.05, 0) is 33.9 Å². The van der Waals surface area contributed by atoms with Crippen molar-refractivity contribution in [1.29, 1.82) is 0 Å². The van der Waals surface area contributed by atoms with Crippen LogP contribution in [-0.4, -0.2) is 46.8 Å². The van der Waals surface area contributed by atoms with E-state index in [4.69, 9.17) is 0 Å². The molecule has 0 bridgehead atoms. The molecule has 1 aromatic rings. The molecule has 0 saturated heterocycles. The predicted octanol–water partition coefficient (Wildman–Crippen LogP) is 2.92. The lowest BCUT2D eigenvalue weighted by molar-refractivity contribution is -0.144. The molecule has 0 atom stereocenters. The van der Waals surface area contributed by atoms with Crippen molar-refractivity contribution in [3.63, 3.8) is 0 Å². The number of nitrogens with zero attached hydrogens (tertiary/aromatic N) is 3. The average Bonchev–Trinajstić information content (AvgIpc) is 2.97. The Kier molecular flexibility index (Phi) is 5.57. The summed E-state index contributed by atoms with van der Waals surface area (Å²) < 4.78 is 40.5. The molecular formula is C16H25F3N4O. The fraction of sp³-hybridized carbons (Fsp3) is 0.750. The highest BCUT2D eigenvalue weighted by Crippen LogP contribution is 2.33. The van der Waals surface area contributed by atoms with Crippen LogP contribution in [-0.2, 0) is 12.7 Å². The third-order valence-electron chi connectivity index (χ3n) is 4.96. The molecule has 1 fully saturated rings. The van der Waals surface area contributed by atoms with E-state index in [-0.39, 0.29) is 12.1 Å². The van der Waals surface area contributed by atoms with Crippen LogP contribution in [0.5, 0.6) is 0 Å². The van der Waals surface area contributed by atoms with Crippen molar-refractivity contribution in [2.24, 2.45) is 0 Å². The highest BCUT2D eigenvalue weighted by atomic mass is 19.4. The van der Waals surface area contributed by atoms with Gasteiger partial charge in [-0.3, -0.25) is 9.48 Å². The van der Waals surface area contributed by atoms with Crippen molar-refractivity contribution in [1.82, 2.24) is 20.0 Å². The molecule has 1 aromatic heterocycles. The molecule has 0 aromatic carbocycles. The number of rotatable bonds is 5. The van der Waals surface area contributed by atoms with Gasteiger partial charge in [0, 0.05) is 18.6 Å². The number of carbonyl (C=O) groups excluding carboxylic acids is 1. The number of nitrogens with one attached hydrogen (secondary N) is 1. The molecular weight excluding hydrogens is 321 g/mol. The average molecular weight is 346 g/mol. The highest BCUT2D eigenvalue weighted by Gasteiger charge is 2.40. The lowest BCUT2D eigenvalue weighted by Crippen LogP contribution is -2.53. The van der Waals surface area contributed by atoms with E-state index < -0.39 is 23.3 Å². The van der Waals surface area contributed by atoms with Gasteiger partial charge in [-0.15, -0.1) is 0 Å². The zero-order valence-electron chi connectivity index (χ0n) is 14.4. The summed E-state index contributed by atoms with van der Waals surface area (Å²) >= 11 is 0. The lowest BCUT2D eigenvalue weighted by Gasteiger charge is -2.43. The van der Waals surface area contributed by atoms with Crippen LogP contribution < -0.4 is 5.32 Å². The minimum absolute atomic E-state index is 0.0593. The zero-order valence-corrected chi connectivity index (χ0v) is 14.4. The summed E-state index contributed by atoms with van der Waals surface area (Å²) in [5.74, 6) is -0.714. The van der Waals surface area contributed by atoms with E-state index in [1.807, 2.05) is 14.1 Å². The molecule has 0 spiro atoms. The first kappa shape index (κ1) is 18.8. The summed E-state index contributed by atoms with van der Waals surface area (Å²) in [4.78, 5) is 14.4. The molecule has 0 unspecified atom stereocenters. The van der Waals surface area contributed by atoms with Gasteiger partial charge in [-0.1, -0.05) is 19.3 Å². The fourth-order valence-corrected chi connectivity index (χ4v) is 3.42. The van der Waals surface area contributed by atoms with Gasteiger partial charge in [0.25, 0.3) is 5.91 Å². The quantitative estimate of drug-likeness (QED) is 0.892. The van der Waals surface area contributed by atoms with Crippen molar-refractivity contribution in [2.75, 3.05) is 20.6 Å². The summed E-state index contributed by atoms with van der Waals surface area (Å²) in [5, 5.41) is 6.40. The molecule has 1 N–H and O–H groups in total. The summed E-state index contributed by atoms with van der Waals surface area (Å²) in [6.07, 6.45) is 1.55. The van der Waals surface area contributed by atoms with E-state index in [0.29, 0.717) is 6.54 Å². The standard InChI is InChI=1S/C16H25F3N4O/c1-4-23-13(16(17,18)19)12(10-21-23)14(24)20-11-15(22(2)3)8-6-5-7-9-15/h10H,4-9,11H2,1-3H3,(H,20,24). The largest absolute Gasteiger partial charge is 0.433 e. The van der Waals surface area contributed by atoms with Crippen LogP contribution in [0.15, 0.2) is 6.20 Å². The van der Waals surface area contributed by atoms with Crippen LogP contribution in [0, 0.1) is 0 Å². The van der Waals surface area contributed by atoms with E-state index in [0.717, 1.165) is 43.0 Å². The number of aromatic nitrogens is 2. The smallest absolute Gasteiger partial charge is 0.350 e. The Hall–Kier alpha value is -1.57. The van der Waals surface area contributed by atoms with Crippen molar-refractivity contribution in [3.05, 3.63) is 17.5 Å². The van der Waals surface area contributed by atoms with Gasteiger partial charge < -0.3 is 10.2 Å². The van der Waals surface area contributed by atoms with E-state index in [9.17, 15) is 18.0 Å². The van der Waals surface area contributed by atoms with E-state index in [1.165, 1.54) is 0 Å². The molecule has 1 aliphatic carbocycles. The van der Waals surface area contributed by atoms with E-state index in [1.54, 1.807) is 6.92 Å². The van der Waals surface area contributed by atoms with Gasteiger partial charge in [0.05, 0.1) is 11.8 Å². The molecule has 1 saturated carbocycles. The van der Waals surface area contributed by atoms with Gasteiger partial charge in [0.15, 0.2) is 5.69 Å². The maximum Gasteiger partial charge on any atom is 0.433 e. The van der Waals surface area contributed by atoms with Gasteiger partial charge in [0.1, 0.15) is 0 Å². The van der Waals surface area contributed by atoms with Crippen molar-refractivity contribution >= 4 is 5.91 Å². The molecule has 1 aliphatic rings. The maximum atomic E-state index is 13.2. The van der Waals surface area contributed by atoms with E-state index >= 15 is 0 Å². The Morgan fingerprint density at radius 1 is 1.33 bits per heavy atom. The first-order chi connectivity index (χ1) is 11.2. The minimum atomic E-state index is -4.61. The Balaban J connectivity index is 2.17. The molecule has 8 heteroatoms. The summed E-state index contributed by atoms with van der Waals surface area (Å²) in [5.41, 5.74) is -1.58. The Morgan fingerprint density at radius 2 is 1.96 bits per heavy atom. The monoisotopic (exact) mass is 346 g/mol. The first-order valence-electron chi connectivity index (χ1n) is 8.30. The number of alkyl halides is 3. The van der Waals surface area contributed by atoms with Crippen molar-refractivity contribution in [2.45, 2.75) is 57.3 Å². The number of halogens is 3. The SMILES string of the molecule is CCn1ncc(C(=O)NCC2(N(C)C)CCCCC2)c1C(F)(F)F. The number of carbonyl (C=O) groups is 1. The molecule has 1 heterocycles. The van der Waals surface area contributed by atoms with Gasteiger partial charge in [-0.2, -0.15) is 18.3 Å². The highest BCUT2D eigenvalue weighted by molar-refractivity contribution is 5.95. The second-order valence-corrected chi connectivity index (χ2v) is 6.58. The van der Waals surface area contributed by atoms with Crippen LogP contribution in [0.4, 0.5) is 13.2 Å². The number of aryl methyl sites for hydroxylation is 1. The van der Waals surface area contributed by atoms with Gasteiger partial charge in [0.2, 0.25) is 0 Å². The van der Waals surface area contributed by atoms with Crippen molar-refractivity contribution in [3.8, 4) is 0 Å². The molecule has 0 aliphatic heterocycles. The Bertz CT molecular complexity index is 574. The fourth-order valence-electron chi connectivity index (χ4n) is 3.42. The minimum Gasteiger partial charge on any atom is -0.350 e. The second-order valence-electron chi connectivity index (χ2n) is 6.58. The van der Waals surface area contributed by atoms with Crippen LogP contribution in [0.3, 0.4) is 0 Å². The Morgan fingerprint density at radius 3 is 2.46 bits per heavy atom. The summed E-state index contributed by atoms with van der Waals surface area (Å²) in [6, 6.07) is 0. The van der Waals surface area contributed by atoms with Crippen LogP contribution >= 0.6 is 0 Å². The number of hydrogen-bond acceptors (Lipinski definition) is 3. The van der Waals surface area contributed by atoms with E-state index in [2.05, 4.69) is 15.3 Å². The molecule has 2 rings (SSSR count). The van der Waals surface area contributed by atoms with Crippen molar-refractivity contribution < 1.29 is 18.0 Å². The van der Waals surface area contributed by atoms with Gasteiger partial charge >= 0.3 is 6.18 Å². The lowest BCUT2D eigenvalue weighted by atomic mass is 9.80. The van der Waals surface area contributed by atoms with Crippen LogP contribution in [0.2, 0.25) is 0 Å². The topological polar surface area (TPSA) is 50.2 Å². The number of hydrogen-bond donors (Lipinski definition) is 1. The third-order valence-corrected chi connectivity index (χ3v) is 4.96. The molecule has 24 heavy (non-hydrogen) atoms. The third kappa shape index (κ3) is 3.74. The van der Waals surface area contributed by atoms with Gasteiger partial charge in [-0.25, -0.2) is 0 Å². The molecule has 1 amide bonds. The zero-order chi connectivity index (χ0) is 18.0. The number of amides is 1. The molecule has 5 nitrogen and oxygen atoms in total. The predicted molar refractivity (Wildman–Crippen MR) is 84.7 cm³/mol. The van der Waals surface area contributed by atoms with Crippen LogP contribution in [0.25, 0.3) is 0 Å². The maximum absolute atomic E-state index is 13.2.